The SMILES string of the molecule is CC(F)Oc1ccccc1Br. The second kappa shape index (κ2) is 3.72. The van der Waals surface area contributed by atoms with Gasteiger partial charge in [0, 0.05) is 6.92 Å². The number of benzene rings is 1. The average molecular weight is 219 g/mol. The van der Waals surface area contributed by atoms with Gasteiger partial charge in [-0.15, -0.1) is 0 Å². The molecule has 0 aliphatic carbocycles. The number of halogens is 2. The number of alkyl halides is 1. The van der Waals surface area contributed by atoms with E-state index in [0.29, 0.717) is 5.75 Å². The maximum atomic E-state index is 12.3. The van der Waals surface area contributed by atoms with Crippen molar-refractivity contribution in [1.82, 2.24) is 0 Å². The summed E-state index contributed by atoms with van der Waals surface area (Å²) in [5, 5.41) is 0. The van der Waals surface area contributed by atoms with Crippen LogP contribution in [-0.4, -0.2) is 6.36 Å². The lowest BCUT2D eigenvalue weighted by Gasteiger charge is -2.07. The molecule has 0 aliphatic heterocycles. The first-order chi connectivity index (χ1) is 5.20. The van der Waals surface area contributed by atoms with Gasteiger partial charge in [0.05, 0.1) is 4.47 Å². The predicted octanol–water partition coefficient (Wildman–Crippen LogP) is 3.14. The number of ether oxygens (including phenoxy) is 1. The minimum Gasteiger partial charge on any atom is -0.460 e. The summed E-state index contributed by atoms with van der Waals surface area (Å²) in [4.78, 5) is 0. The molecule has 1 aromatic rings. The largest absolute Gasteiger partial charge is 0.460 e. The first-order valence-electron chi connectivity index (χ1n) is 3.25. The fraction of sp³-hybridized carbons (Fsp3) is 0.250. The fourth-order valence-corrected chi connectivity index (χ4v) is 1.09. The van der Waals surface area contributed by atoms with Gasteiger partial charge in [-0.1, -0.05) is 12.1 Å². The summed E-state index contributed by atoms with van der Waals surface area (Å²) in [6, 6.07) is 7.15. The summed E-state index contributed by atoms with van der Waals surface area (Å²) in [6.07, 6.45) is -1.27. The number of para-hydroxylation sites is 1. The molecule has 0 heterocycles. The van der Waals surface area contributed by atoms with E-state index in [4.69, 9.17) is 4.74 Å². The number of hydrogen-bond donors (Lipinski definition) is 0. The smallest absolute Gasteiger partial charge is 0.235 e. The molecule has 3 heteroatoms. The standard InChI is InChI=1S/C8H8BrFO/c1-6(10)11-8-5-3-2-4-7(8)9/h2-6H,1H3. The van der Waals surface area contributed by atoms with Crippen molar-refractivity contribution in [3.63, 3.8) is 0 Å². The topological polar surface area (TPSA) is 9.23 Å². The summed E-state index contributed by atoms with van der Waals surface area (Å²) in [5.74, 6) is 0.530. The third-order valence-corrected chi connectivity index (χ3v) is 1.78. The van der Waals surface area contributed by atoms with Gasteiger partial charge in [0.15, 0.2) is 0 Å². The van der Waals surface area contributed by atoms with Gasteiger partial charge in [-0.05, 0) is 28.1 Å². The van der Waals surface area contributed by atoms with E-state index >= 15 is 0 Å². The highest BCUT2D eigenvalue weighted by Gasteiger charge is 2.02. The van der Waals surface area contributed by atoms with E-state index in [2.05, 4.69) is 15.9 Å². The molecule has 0 bridgehead atoms. The van der Waals surface area contributed by atoms with Crippen LogP contribution in [0.5, 0.6) is 5.75 Å². The van der Waals surface area contributed by atoms with E-state index in [1.165, 1.54) is 6.92 Å². The highest BCUT2D eigenvalue weighted by molar-refractivity contribution is 9.10. The normalized spacial score (nSPS) is 12.6. The zero-order valence-corrected chi connectivity index (χ0v) is 7.64. The number of hydrogen-bond acceptors (Lipinski definition) is 1. The Morgan fingerprint density at radius 2 is 2.09 bits per heavy atom. The Morgan fingerprint density at radius 1 is 1.45 bits per heavy atom. The Balaban J connectivity index is 2.78. The molecule has 1 atom stereocenters. The van der Waals surface area contributed by atoms with Gasteiger partial charge in [-0.2, -0.15) is 0 Å². The Labute approximate surface area is 73.3 Å². The molecule has 1 aromatic carbocycles. The quantitative estimate of drug-likeness (QED) is 0.742. The van der Waals surface area contributed by atoms with Crippen molar-refractivity contribution >= 4 is 15.9 Å². The van der Waals surface area contributed by atoms with Crippen LogP contribution in [0.1, 0.15) is 6.92 Å². The van der Waals surface area contributed by atoms with Crippen molar-refractivity contribution in [2.75, 3.05) is 0 Å². The highest BCUT2D eigenvalue weighted by atomic mass is 79.9. The van der Waals surface area contributed by atoms with E-state index in [1.54, 1.807) is 18.2 Å². The second-order valence-corrected chi connectivity index (χ2v) is 2.95. The van der Waals surface area contributed by atoms with Gasteiger partial charge in [-0.25, -0.2) is 4.39 Å². The zero-order chi connectivity index (χ0) is 8.27. The summed E-state index contributed by atoms with van der Waals surface area (Å²) in [6.45, 7) is 1.35. The molecule has 0 fully saturated rings. The van der Waals surface area contributed by atoms with Crippen LogP contribution in [0.4, 0.5) is 4.39 Å². The maximum absolute atomic E-state index is 12.3. The highest BCUT2D eigenvalue weighted by Crippen LogP contribution is 2.24. The lowest BCUT2D eigenvalue weighted by Crippen LogP contribution is -2.03. The molecule has 0 spiro atoms. The summed E-state index contributed by atoms with van der Waals surface area (Å²) < 4.78 is 17.9. The van der Waals surface area contributed by atoms with Crippen molar-refractivity contribution in [1.29, 1.82) is 0 Å². The van der Waals surface area contributed by atoms with Crippen LogP contribution >= 0.6 is 15.9 Å². The molecule has 0 radical (unpaired) electrons. The molecule has 0 saturated heterocycles. The molecule has 0 aromatic heterocycles. The maximum Gasteiger partial charge on any atom is 0.235 e. The minimum absolute atomic E-state index is 0.530. The molecule has 60 valence electrons. The summed E-state index contributed by atoms with van der Waals surface area (Å²) in [7, 11) is 0. The molecule has 0 N–H and O–H groups in total. The molecule has 1 unspecified atom stereocenters. The van der Waals surface area contributed by atoms with Crippen LogP contribution in [0.15, 0.2) is 28.7 Å². The minimum atomic E-state index is -1.27. The van der Waals surface area contributed by atoms with Gasteiger partial charge < -0.3 is 4.74 Å². The van der Waals surface area contributed by atoms with E-state index in [0.717, 1.165) is 4.47 Å². The molecule has 11 heavy (non-hydrogen) atoms. The van der Waals surface area contributed by atoms with E-state index in [9.17, 15) is 4.39 Å². The van der Waals surface area contributed by atoms with Gasteiger partial charge in [0.25, 0.3) is 0 Å². The third-order valence-electron chi connectivity index (χ3n) is 1.13. The van der Waals surface area contributed by atoms with Crippen molar-refractivity contribution in [3.05, 3.63) is 28.7 Å². The summed E-state index contributed by atoms with van der Waals surface area (Å²) in [5.41, 5.74) is 0. The van der Waals surface area contributed by atoms with E-state index in [-0.39, 0.29) is 0 Å². The Bertz CT molecular complexity index is 237. The van der Waals surface area contributed by atoms with E-state index < -0.39 is 6.36 Å². The van der Waals surface area contributed by atoms with Gasteiger partial charge in [-0.3, -0.25) is 0 Å². The van der Waals surface area contributed by atoms with Crippen LogP contribution < -0.4 is 4.74 Å². The van der Waals surface area contributed by atoms with Gasteiger partial charge in [0.1, 0.15) is 5.75 Å². The fourth-order valence-electron chi connectivity index (χ4n) is 0.715. The van der Waals surface area contributed by atoms with Crippen molar-refractivity contribution in [2.45, 2.75) is 13.3 Å². The van der Waals surface area contributed by atoms with Gasteiger partial charge >= 0.3 is 0 Å². The lowest BCUT2D eigenvalue weighted by molar-refractivity contribution is 0.0852. The van der Waals surface area contributed by atoms with Crippen molar-refractivity contribution in [3.8, 4) is 5.75 Å². The Morgan fingerprint density at radius 3 is 2.64 bits per heavy atom. The van der Waals surface area contributed by atoms with Gasteiger partial charge in [0.2, 0.25) is 6.36 Å². The zero-order valence-electron chi connectivity index (χ0n) is 6.05. The summed E-state index contributed by atoms with van der Waals surface area (Å²) >= 11 is 3.23. The molecule has 0 aliphatic rings. The van der Waals surface area contributed by atoms with Crippen molar-refractivity contribution < 1.29 is 9.13 Å². The first-order valence-corrected chi connectivity index (χ1v) is 4.04. The molecule has 0 amide bonds. The van der Waals surface area contributed by atoms with Crippen LogP contribution in [0.25, 0.3) is 0 Å². The molecule has 1 rings (SSSR count). The first kappa shape index (κ1) is 8.53. The molecular formula is C8H8BrFO. The second-order valence-electron chi connectivity index (χ2n) is 2.09. The molecular weight excluding hydrogens is 211 g/mol. The van der Waals surface area contributed by atoms with E-state index in [1.807, 2.05) is 6.07 Å². The number of rotatable bonds is 2. The van der Waals surface area contributed by atoms with Crippen molar-refractivity contribution in [2.24, 2.45) is 0 Å². The van der Waals surface area contributed by atoms with Crippen LogP contribution in [0.2, 0.25) is 0 Å². The van der Waals surface area contributed by atoms with Crippen LogP contribution in [0.3, 0.4) is 0 Å². The molecule has 0 saturated carbocycles. The lowest BCUT2D eigenvalue weighted by atomic mass is 10.3. The molecule has 1 nitrogen and oxygen atoms in total. The van der Waals surface area contributed by atoms with Crippen LogP contribution in [-0.2, 0) is 0 Å². The average Bonchev–Trinajstić information content (AvgIpc) is 1.93. The third kappa shape index (κ3) is 2.50. The monoisotopic (exact) mass is 218 g/mol. The Kier molecular flexibility index (Phi) is 2.88. The predicted molar refractivity (Wildman–Crippen MR) is 45.3 cm³/mol. The van der Waals surface area contributed by atoms with Crippen LogP contribution in [0, 0.1) is 0 Å². The Hall–Kier alpha value is -0.570.